The summed E-state index contributed by atoms with van der Waals surface area (Å²) in [7, 11) is 0. The van der Waals surface area contributed by atoms with E-state index in [1.807, 2.05) is 19.1 Å². The van der Waals surface area contributed by atoms with Crippen LogP contribution in [0.25, 0.3) is 11.3 Å². The van der Waals surface area contributed by atoms with Gasteiger partial charge in [-0.05, 0) is 60.4 Å². The molecule has 5 nitrogen and oxygen atoms in total. The van der Waals surface area contributed by atoms with Gasteiger partial charge < -0.3 is 15.2 Å². The van der Waals surface area contributed by atoms with E-state index in [-0.39, 0.29) is 11.2 Å². The first-order chi connectivity index (χ1) is 14.6. The highest BCUT2D eigenvalue weighted by Crippen LogP contribution is 2.32. The molecule has 0 unspecified atom stereocenters. The van der Waals surface area contributed by atoms with Crippen molar-refractivity contribution in [2.45, 2.75) is 19.9 Å². The molecule has 2 N–H and O–H groups in total. The number of benzene rings is 3. The molecule has 0 bridgehead atoms. The Labute approximate surface area is 173 Å². The quantitative estimate of drug-likeness (QED) is 0.526. The summed E-state index contributed by atoms with van der Waals surface area (Å²) >= 11 is 0. The Hall–Kier alpha value is -3.67. The molecule has 2 heterocycles. The molecule has 2 aromatic rings. The average molecular weight is 400 g/mol. The fraction of sp³-hybridized carbons (Fsp3) is 0.167. The van der Waals surface area contributed by atoms with Crippen molar-refractivity contribution in [2.24, 2.45) is 0 Å². The number of aromatic nitrogens is 2. The maximum Gasteiger partial charge on any atom is 0.207 e. The summed E-state index contributed by atoms with van der Waals surface area (Å²) < 4.78 is 13.5. The molecule has 6 heteroatoms. The van der Waals surface area contributed by atoms with Crippen molar-refractivity contribution in [3.63, 3.8) is 0 Å². The summed E-state index contributed by atoms with van der Waals surface area (Å²) in [6, 6.07) is 18.1. The van der Waals surface area contributed by atoms with Crippen molar-refractivity contribution < 1.29 is 4.39 Å². The van der Waals surface area contributed by atoms with E-state index < -0.39 is 0 Å². The zero-order valence-corrected chi connectivity index (χ0v) is 16.6. The molecule has 0 aromatic heterocycles. The first kappa shape index (κ1) is 18.4. The second-order valence-corrected chi connectivity index (χ2v) is 7.61. The number of nitrogens with zero attached hydrogens (tertiary/aromatic N) is 2. The summed E-state index contributed by atoms with van der Waals surface area (Å²) in [5.74, 6) is 0.889. The highest BCUT2D eigenvalue weighted by molar-refractivity contribution is 5.77. The third-order valence-electron chi connectivity index (χ3n) is 5.59. The molecular weight excluding hydrogens is 379 g/mol. The van der Waals surface area contributed by atoms with Gasteiger partial charge in [-0.25, -0.2) is 4.39 Å². The molecule has 3 aliphatic rings. The van der Waals surface area contributed by atoms with Gasteiger partial charge in [0.2, 0.25) is 5.95 Å². The van der Waals surface area contributed by atoms with Gasteiger partial charge in [-0.15, -0.1) is 0 Å². The van der Waals surface area contributed by atoms with E-state index in [1.54, 1.807) is 18.2 Å². The van der Waals surface area contributed by atoms with Crippen LogP contribution in [0.3, 0.4) is 0 Å². The lowest BCUT2D eigenvalue weighted by Gasteiger charge is -2.31. The van der Waals surface area contributed by atoms with Gasteiger partial charge in [0.05, 0.1) is 11.3 Å². The van der Waals surface area contributed by atoms with Crippen LogP contribution in [-0.2, 0) is 13.0 Å². The molecule has 0 spiro atoms. The second-order valence-electron chi connectivity index (χ2n) is 7.61. The Morgan fingerprint density at radius 3 is 2.73 bits per heavy atom. The van der Waals surface area contributed by atoms with E-state index in [9.17, 15) is 9.18 Å². The highest BCUT2D eigenvalue weighted by atomic mass is 19.1. The molecule has 0 saturated carbocycles. The normalized spacial score (nSPS) is 13.3. The van der Waals surface area contributed by atoms with Crippen LogP contribution < -0.4 is 15.6 Å². The third kappa shape index (κ3) is 3.30. The predicted molar refractivity (Wildman–Crippen MR) is 117 cm³/mol. The Kier molecular flexibility index (Phi) is 4.47. The number of aryl methyl sites for hydroxylation is 1. The van der Waals surface area contributed by atoms with E-state index in [1.165, 1.54) is 23.3 Å². The maximum absolute atomic E-state index is 13.5. The third-order valence-corrected chi connectivity index (χ3v) is 5.59. The average Bonchev–Trinajstić information content (AvgIpc) is 2.75. The van der Waals surface area contributed by atoms with Crippen LogP contribution in [0.4, 0.5) is 21.8 Å². The van der Waals surface area contributed by atoms with Gasteiger partial charge in [-0.2, -0.15) is 4.98 Å². The summed E-state index contributed by atoms with van der Waals surface area (Å²) in [6.07, 6.45) is 0.902. The topological polar surface area (TPSA) is 61.0 Å². The number of anilines is 3. The summed E-state index contributed by atoms with van der Waals surface area (Å²) in [5, 5.41) is 3.25. The molecule has 0 amide bonds. The molecule has 5 rings (SSSR count). The monoisotopic (exact) mass is 400 g/mol. The lowest BCUT2D eigenvalue weighted by Crippen LogP contribution is -2.32. The van der Waals surface area contributed by atoms with E-state index in [2.05, 4.69) is 33.4 Å². The summed E-state index contributed by atoms with van der Waals surface area (Å²) in [5.41, 5.74) is 5.35. The van der Waals surface area contributed by atoms with Crippen molar-refractivity contribution in [1.82, 2.24) is 9.97 Å². The number of rotatable bonds is 3. The number of hydrogen-bond donors (Lipinski definition) is 2. The van der Waals surface area contributed by atoms with Crippen LogP contribution in [0.15, 0.2) is 65.5 Å². The number of aromatic amines is 1. The minimum Gasteiger partial charge on any atom is -0.351 e. The number of fused-ring (bicyclic) bond motifs is 2. The van der Waals surface area contributed by atoms with Gasteiger partial charge in [0.15, 0.2) is 5.43 Å². The summed E-state index contributed by atoms with van der Waals surface area (Å²) in [4.78, 5) is 22.9. The zero-order chi connectivity index (χ0) is 20.7. The lowest BCUT2D eigenvalue weighted by molar-refractivity contribution is 0.627. The van der Waals surface area contributed by atoms with Gasteiger partial charge >= 0.3 is 0 Å². The smallest absolute Gasteiger partial charge is 0.207 e. The zero-order valence-electron chi connectivity index (χ0n) is 16.6. The first-order valence-corrected chi connectivity index (χ1v) is 9.96. The molecule has 0 radical (unpaired) electrons. The number of H-pyrrole nitrogens is 1. The lowest BCUT2D eigenvalue weighted by atomic mass is 9.99. The van der Waals surface area contributed by atoms with Crippen molar-refractivity contribution >= 4 is 17.5 Å². The van der Waals surface area contributed by atoms with Gasteiger partial charge in [0, 0.05) is 18.8 Å². The molecule has 1 aliphatic carbocycles. The van der Waals surface area contributed by atoms with E-state index in [0.29, 0.717) is 29.6 Å². The highest BCUT2D eigenvalue weighted by Gasteiger charge is 2.24. The molecular formula is C24H21FN4O. The predicted octanol–water partition coefficient (Wildman–Crippen LogP) is 4.63. The van der Waals surface area contributed by atoms with Crippen molar-refractivity contribution in [2.75, 3.05) is 16.8 Å². The minimum absolute atomic E-state index is 0.0605. The van der Waals surface area contributed by atoms with Crippen LogP contribution in [0, 0.1) is 12.7 Å². The van der Waals surface area contributed by atoms with Crippen LogP contribution >= 0.6 is 0 Å². The van der Waals surface area contributed by atoms with Gasteiger partial charge in [-0.3, -0.25) is 4.79 Å². The van der Waals surface area contributed by atoms with Crippen molar-refractivity contribution in [3.8, 4) is 11.3 Å². The summed E-state index contributed by atoms with van der Waals surface area (Å²) in [6.45, 7) is 3.32. The fourth-order valence-electron chi connectivity index (χ4n) is 4.04. The van der Waals surface area contributed by atoms with Crippen LogP contribution in [0.1, 0.15) is 16.7 Å². The maximum atomic E-state index is 13.5. The first-order valence-electron chi connectivity index (χ1n) is 9.96. The number of halogens is 1. The standard InChI is InChI=1S/C24H21FN4O/c1-15-13-18(25)9-10-19(15)26-24-27-20-7-4-8-21(30)22(20)23(28-24)29-12-11-16-5-2-3-6-17(16)14-29/h2-10,13H,11-12,14H2,1H3,(H2,26,27,28). The van der Waals surface area contributed by atoms with Gasteiger partial charge in [0.25, 0.3) is 0 Å². The Bertz CT molecular complexity index is 1270. The molecule has 0 fully saturated rings. The molecule has 0 saturated heterocycles. The SMILES string of the molecule is Cc1cc(F)ccc1Nc1nc(N2CCc3ccccc3C2)c2c(=O)cccc-2[nH]1. The van der Waals surface area contributed by atoms with Crippen LogP contribution in [-0.4, -0.2) is 16.5 Å². The van der Waals surface area contributed by atoms with Gasteiger partial charge in [0.1, 0.15) is 11.6 Å². The molecule has 30 heavy (non-hydrogen) atoms. The molecule has 2 aliphatic heterocycles. The van der Waals surface area contributed by atoms with Crippen molar-refractivity contribution in [1.29, 1.82) is 0 Å². The molecule has 0 atom stereocenters. The Morgan fingerprint density at radius 1 is 1.07 bits per heavy atom. The van der Waals surface area contributed by atoms with Gasteiger partial charge in [-0.1, -0.05) is 30.3 Å². The van der Waals surface area contributed by atoms with Crippen LogP contribution in [0.2, 0.25) is 0 Å². The fourth-order valence-corrected chi connectivity index (χ4v) is 4.04. The number of nitrogens with one attached hydrogen (secondary N) is 2. The Morgan fingerprint density at radius 2 is 1.90 bits per heavy atom. The van der Waals surface area contributed by atoms with E-state index >= 15 is 0 Å². The van der Waals surface area contributed by atoms with E-state index in [4.69, 9.17) is 4.98 Å². The molecule has 150 valence electrons. The number of hydrogen-bond acceptors (Lipinski definition) is 4. The second kappa shape index (κ2) is 7.30. The van der Waals surface area contributed by atoms with Crippen molar-refractivity contribution in [3.05, 3.63) is 93.4 Å². The minimum atomic E-state index is -0.280. The Balaban J connectivity index is 1.59. The molecule has 2 aromatic carbocycles. The largest absolute Gasteiger partial charge is 0.351 e. The van der Waals surface area contributed by atoms with E-state index in [0.717, 1.165) is 24.2 Å². The van der Waals surface area contributed by atoms with Crippen LogP contribution in [0.5, 0.6) is 0 Å².